The molecule has 0 saturated carbocycles. The maximum absolute atomic E-state index is 12.9. The molecule has 0 bridgehead atoms. The Hall–Kier alpha value is -4.76. The standard InChI is InChI=1S/C30H24Cl2N4O4/c1-17-8-25(27(39-3)13-23(17)31)35-29(37)21(15-33)11-19-6-5-7-20(10-19)12-22(16-34)30(38)36-26-9-18(2)24(32)14-28(26)40-4/h5-14H,1-4H3,(H,35,37)(H,36,38). The number of aryl methyl sites for hydroxylation is 2. The van der Waals surface area contributed by atoms with Gasteiger partial charge in [-0.2, -0.15) is 10.5 Å². The van der Waals surface area contributed by atoms with Gasteiger partial charge in [0.05, 0.1) is 25.6 Å². The number of nitrogens with zero attached hydrogens (tertiary/aromatic N) is 2. The third-order valence-corrected chi connectivity index (χ3v) is 6.54. The predicted octanol–water partition coefficient (Wildman–Crippen LogP) is 6.72. The molecule has 2 N–H and O–H groups in total. The molecule has 0 heterocycles. The van der Waals surface area contributed by atoms with Crippen molar-refractivity contribution in [1.29, 1.82) is 10.5 Å². The van der Waals surface area contributed by atoms with Crippen molar-refractivity contribution in [2.24, 2.45) is 0 Å². The van der Waals surface area contributed by atoms with Gasteiger partial charge in [-0.05, 0) is 66.5 Å². The smallest absolute Gasteiger partial charge is 0.266 e. The van der Waals surface area contributed by atoms with Crippen molar-refractivity contribution in [2.45, 2.75) is 13.8 Å². The van der Waals surface area contributed by atoms with Gasteiger partial charge in [0.2, 0.25) is 0 Å². The molecule has 0 aliphatic rings. The number of methoxy groups -OCH3 is 2. The lowest BCUT2D eigenvalue weighted by atomic mass is 10.1. The third-order valence-electron chi connectivity index (χ3n) is 5.72. The van der Waals surface area contributed by atoms with Crippen LogP contribution in [0.25, 0.3) is 12.2 Å². The summed E-state index contributed by atoms with van der Waals surface area (Å²) in [6, 6.07) is 16.9. The first-order valence-corrected chi connectivity index (χ1v) is 12.5. The minimum absolute atomic E-state index is 0.167. The van der Waals surface area contributed by atoms with Crippen molar-refractivity contribution in [2.75, 3.05) is 24.9 Å². The number of carbonyl (C=O) groups excluding carboxylic acids is 2. The molecule has 0 aromatic heterocycles. The fraction of sp³-hybridized carbons (Fsp3) is 0.133. The highest BCUT2D eigenvalue weighted by atomic mass is 35.5. The van der Waals surface area contributed by atoms with E-state index in [0.717, 1.165) is 11.1 Å². The van der Waals surface area contributed by atoms with E-state index >= 15 is 0 Å². The van der Waals surface area contributed by atoms with Crippen LogP contribution in [0.5, 0.6) is 11.5 Å². The van der Waals surface area contributed by atoms with Crippen LogP contribution >= 0.6 is 23.2 Å². The van der Waals surface area contributed by atoms with E-state index in [1.807, 2.05) is 12.1 Å². The number of amides is 2. The molecule has 0 fully saturated rings. The van der Waals surface area contributed by atoms with Gasteiger partial charge < -0.3 is 20.1 Å². The average molecular weight is 575 g/mol. The Kier molecular flexibility index (Phi) is 9.94. The largest absolute Gasteiger partial charge is 0.495 e. The van der Waals surface area contributed by atoms with Crippen LogP contribution in [0.3, 0.4) is 0 Å². The van der Waals surface area contributed by atoms with Crippen molar-refractivity contribution in [3.63, 3.8) is 0 Å². The van der Waals surface area contributed by atoms with Crippen molar-refractivity contribution >= 4 is 58.5 Å². The molecule has 2 amide bonds. The number of hydrogen-bond donors (Lipinski definition) is 2. The van der Waals surface area contributed by atoms with Gasteiger partial charge in [0.15, 0.2) is 0 Å². The number of nitrogens with one attached hydrogen (secondary N) is 2. The fourth-order valence-corrected chi connectivity index (χ4v) is 3.92. The first-order chi connectivity index (χ1) is 19.1. The summed E-state index contributed by atoms with van der Waals surface area (Å²) in [6.07, 6.45) is 2.80. The number of halogens is 2. The van der Waals surface area contributed by atoms with Gasteiger partial charge in [-0.25, -0.2) is 0 Å². The average Bonchev–Trinajstić information content (AvgIpc) is 2.94. The van der Waals surface area contributed by atoms with E-state index in [1.54, 1.807) is 62.4 Å². The summed E-state index contributed by atoms with van der Waals surface area (Å²) >= 11 is 12.3. The quantitative estimate of drug-likeness (QED) is 0.227. The second-order valence-electron chi connectivity index (χ2n) is 8.52. The SMILES string of the molecule is COc1cc(Cl)c(C)cc1NC(=O)C(C#N)=Cc1cccc(C=C(C#N)C(=O)Nc2cc(C)c(Cl)cc2OC)c1. The summed E-state index contributed by atoms with van der Waals surface area (Å²) in [5, 5.41) is 25.6. The van der Waals surface area contributed by atoms with E-state index < -0.39 is 11.8 Å². The molecule has 8 nitrogen and oxygen atoms in total. The second kappa shape index (κ2) is 13.3. The van der Waals surface area contributed by atoms with Crippen LogP contribution in [0.1, 0.15) is 22.3 Å². The number of ether oxygens (including phenoxy) is 2. The topological polar surface area (TPSA) is 124 Å². The van der Waals surface area contributed by atoms with E-state index in [-0.39, 0.29) is 11.1 Å². The highest BCUT2D eigenvalue weighted by molar-refractivity contribution is 6.32. The number of carbonyl (C=O) groups is 2. The lowest BCUT2D eigenvalue weighted by Gasteiger charge is -2.12. The van der Waals surface area contributed by atoms with Crippen LogP contribution in [-0.2, 0) is 9.59 Å². The maximum Gasteiger partial charge on any atom is 0.266 e. The molecule has 0 radical (unpaired) electrons. The number of nitriles is 2. The Bertz CT molecular complexity index is 1520. The minimum atomic E-state index is -0.646. The number of rotatable bonds is 8. The van der Waals surface area contributed by atoms with Crippen molar-refractivity contribution in [1.82, 2.24) is 0 Å². The second-order valence-corrected chi connectivity index (χ2v) is 9.34. The Balaban J connectivity index is 1.86. The van der Waals surface area contributed by atoms with Crippen LogP contribution in [-0.4, -0.2) is 26.0 Å². The van der Waals surface area contributed by atoms with Gasteiger partial charge in [-0.1, -0.05) is 41.4 Å². The molecule has 0 atom stereocenters. The molecule has 3 aromatic rings. The van der Waals surface area contributed by atoms with Gasteiger partial charge in [-0.3, -0.25) is 9.59 Å². The van der Waals surface area contributed by atoms with Crippen LogP contribution < -0.4 is 20.1 Å². The van der Waals surface area contributed by atoms with Crippen molar-refractivity contribution < 1.29 is 19.1 Å². The predicted molar refractivity (Wildman–Crippen MR) is 156 cm³/mol. The summed E-state index contributed by atoms with van der Waals surface area (Å²) in [4.78, 5) is 25.7. The van der Waals surface area contributed by atoms with E-state index in [0.29, 0.717) is 44.0 Å². The zero-order valence-corrected chi connectivity index (χ0v) is 23.6. The van der Waals surface area contributed by atoms with E-state index in [9.17, 15) is 20.1 Å². The zero-order chi connectivity index (χ0) is 29.4. The lowest BCUT2D eigenvalue weighted by Crippen LogP contribution is -2.14. The van der Waals surface area contributed by atoms with Crippen LogP contribution in [0.2, 0.25) is 10.0 Å². The fourth-order valence-electron chi connectivity index (χ4n) is 3.61. The number of hydrogen-bond acceptors (Lipinski definition) is 6. The van der Waals surface area contributed by atoms with Crippen molar-refractivity contribution in [3.8, 4) is 23.6 Å². The van der Waals surface area contributed by atoms with Crippen LogP contribution in [0.4, 0.5) is 11.4 Å². The molecule has 3 aromatic carbocycles. The monoisotopic (exact) mass is 574 g/mol. The van der Waals surface area contributed by atoms with Crippen LogP contribution in [0.15, 0.2) is 59.7 Å². The Morgan fingerprint density at radius 1 is 0.750 bits per heavy atom. The summed E-state index contributed by atoms with van der Waals surface area (Å²) in [5.74, 6) is -0.593. The van der Waals surface area contributed by atoms with Gasteiger partial charge in [-0.15, -0.1) is 0 Å². The summed E-state index contributed by atoms with van der Waals surface area (Å²) in [7, 11) is 2.89. The van der Waals surface area contributed by atoms with E-state index in [1.165, 1.54) is 26.4 Å². The molecule has 202 valence electrons. The Morgan fingerprint density at radius 2 is 1.15 bits per heavy atom. The molecule has 0 spiro atoms. The lowest BCUT2D eigenvalue weighted by molar-refractivity contribution is -0.113. The van der Waals surface area contributed by atoms with Crippen molar-refractivity contribution in [3.05, 3.63) is 92.0 Å². The molecule has 0 unspecified atom stereocenters. The molecule has 0 aliphatic carbocycles. The van der Waals surface area contributed by atoms with Gasteiger partial charge >= 0.3 is 0 Å². The first kappa shape index (κ1) is 29.8. The maximum atomic E-state index is 12.9. The van der Waals surface area contributed by atoms with E-state index in [4.69, 9.17) is 32.7 Å². The highest BCUT2D eigenvalue weighted by Crippen LogP contribution is 2.32. The molecule has 3 rings (SSSR count). The summed E-state index contributed by atoms with van der Waals surface area (Å²) in [6.45, 7) is 3.56. The van der Waals surface area contributed by atoms with Gasteiger partial charge in [0, 0.05) is 22.2 Å². The highest BCUT2D eigenvalue weighted by Gasteiger charge is 2.16. The minimum Gasteiger partial charge on any atom is -0.495 e. The Morgan fingerprint density at radius 3 is 1.50 bits per heavy atom. The molecule has 0 saturated heterocycles. The number of anilines is 2. The van der Waals surface area contributed by atoms with Gasteiger partial charge in [0.1, 0.15) is 34.8 Å². The number of benzene rings is 3. The van der Waals surface area contributed by atoms with E-state index in [2.05, 4.69) is 10.6 Å². The summed E-state index contributed by atoms with van der Waals surface area (Å²) < 4.78 is 10.6. The van der Waals surface area contributed by atoms with Gasteiger partial charge in [0.25, 0.3) is 11.8 Å². The molecule has 0 aliphatic heterocycles. The third kappa shape index (κ3) is 7.21. The molecule has 10 heteroatoms. The zero-order valence-electron chi connectivity index (χ0n) is 22.1. The molecule has 40 heavy (non-hydrogen) atoms. The first-order valence-electron chi connectivity index (χ1n) is 11.7. The summed E-state index contributed by atoms with van der Waals surface area (Å²) in [5.41, 5.74) is 2.86. The molecular formula is C30H24Cl2N4O4. The normalized spacial score (nSPS) is 11.2. The Labute approximate surface area is 242 Å². The van der Waals surface area contributed by atoms with Crippen LogP contribution in [0, 0.1) is 36.5 Å². The molecular weight excluding hydrogens is 551 g/mol.